The van der Waals surface area contributed by atoms with Crippen LogP contribution in [0.25, 0.3) is 0 Å². The average molecular weight is 384 g/mol. The van der Waals surface area contributed by atoms with Crippen molar-refractivity contribution in [3.8, 4) is 12.3 Å². The average Bonchev–Trinajstić information content (AvgIpc) is 3.29. The molecule has 0 amide bonds. The van der Waals surface area contributed by atoms with Crippen molar-refractivity contribution in [1.29, 1.82) is 0 Å². The van der Waals surface area contributed by atoms with E-state index < -0.39 is 17.3 Å². The first kappa shape index (κ1) is 22.1. The predicted octanol–water partition coefficient (Wildman–Crippen LogP) is 3.95. The molecule has 1 atom stereocenters. The van der Waals surface area contributed by atoms with Crippen LogP contribution in [0, 0.1) is 76.0 Å². The molecule has 128 valence electrons. The number of aliphatic hydroxyl groups is 1. The Morgan fingerprint density at radius 3 is 1.52 bits per heavy atom. The van der Waals surface area contributed by atoms with E-state index in [1.165, 1.54) is 12.1 Å². The van der Waals surface area contributed by atoms with Crippen LogP contribution in [0.2, 0.25) is 0 Å². The Bertz CT molecular complexity index is 544. The molecule has 0 saturated heterocycles. The second-order valence-electron chi connectivity index (χ2n) is 5.07. The number of rotatable bonds is 2. The Morgan fingerprint density at radius 1 is 0.760 bits per heavy atom. The zero-order valence-corrected chi connectivity index (χ0v) is 14.1. The summed E-state index contributed by atoms with van der Waals surface area (Å²) in [6, 6.07) is 4.19. The first-order chi connectivity index (χ1) is 11.4. The monoisotopic (exact) mass is 384 g/mol. The molecular formula is C20H15F3FeO+2. The van der Waals surface area contributed by atoms with Crippen LogP contribution in [0.4, 0.5) is 13.2 Å². The van der Waals surface area contributed by atoms with E-state index in [4.69, 9.17) is 6.42 Å². The van der Waals surface area contributed by atoms with Gasteiger partial charge in [0.15, 0.2) is 5.60 Å². The molecule has 1 unspecified atom stereocenters. The first-order valence-electron chi connectivity index (χ1n) is 7.14. The molecule has 2 saturated carbocycles. The smallest absolute Gasteiger partial charge is 0.373 e. The van der Waals surface area contributed by atoms with Gasteiger partial charge in [0.1, 0.15) is 0 Å². The van der Waals surface area contributed by atoms with Gasteiger partial charge in [0.25, 0.3) is 0 Å². The van der Waals surface area contributed by atoms with Crippen molar-refractivity contribution in [2.75, 3.05) is 0 Å². The number of terminal acetylenes is 1. The Kier molecular flexibility index (Phi) is 8.54. The third kappa shape index (κ3) is 5.78. The first-order valence-corrected chi connectivity index (χ1v) is 7.14. The summed E-state index contributed by atoms with van der Waals surface area (Å²) in [4.78, 5) is 0. The van der Waals surface area contributed by atoms with Gasteiger partial charge in [-0.15, -0.1) is 6.42 Å². The summed E-state index contributed by atoms with van der Waals surface area (Å²) in [5.74, 6) is 2.68. The molecule has 0 bridgehead atoms. The maximum Gasteiger partial charge on any atom is 2.00 e. The van der Waals surface area contributed by atoms with Gasteiger partial charge in [0.05, 0.1) is 5.56 Å². The van der Waals surface area contributed by atoms with Crippen LogP contribution in [0.15, 0.2) is 24.3 Å². The molecule has 5 heteroatoms. The van der Waals surface area contributed by atoms with Gasteiger partial charge in [-0.05, 0) is 75.5 Å². The summed E-state index contributed by atoms with van der Waals surface area (Å²) in [5, 5.41) is 10.4. The summed E-state index contributed by atoms with van der Waals surface area (Å²) >= 11 is 0. The van der Waals surface area contributed by atoms with Crippen molar-refractivity contribution in [3.05, 3.63) is 99.1 Å². The van der Waals surface area contributed by atoms with E-state index in [1.54, 1.807) is 25.7 Å². The maximum absolute atomic E-state index is 12.5. The summed E-state index contributed by atoms with van der Waals surface area (Å²) in [7, 11) is 0. The normalized spacial score (nSPS) is 20.0. The standard InChI is InChI=1S/C15H10F3O.C5H5.Fe/c1-2-14(19,11-5-3-4-6-11)12-7-9-13(10-8-12)15(16,17)18;1-2-4-5-3-1;/h1,3-10,19H;1-5H;/q;;+2. The minimum absolute atomic E-state index is 0. The number of halogens is 3. The van der Waals surface area contributed by atoms with E-state index >= 15 is 0 Å². The molecule has 1 N–H and O–H groups in total. The maximum atomic E-state index is 12.5. The molecule has 2 aliphatic carbocycles. The van der Waals surface area contributed by atoms with Crippen LogP contribution in [0.1, 0.15) is 11.1 Å². The molecule has 1 aromatic rings. The molecular weight excluding hydrogens is 369 g/mol. The van der Waals surface area contributed by atoms with Crippen molar-refractivity contribution >= 4 is 0 Å². The quantitative estimate of drug-likeness (QED) is 0.605. The van der Waals surface area contributed by atoms with Crippen molar-refractivity contribution in [1.82, 2.24) is 0 Å². The van der Waals surface area contributed by atoms with E-state index in [-0.39, 0.29) is 22.6 Å². The Hall–Kier alpha value is -0.951. The van der Waals surface area contributed by atoms with Crippen LogP contribution in [0.3, 0.4) is 0 Å². The molecule has 1 aromatic carbocycles. The third-order valence-electron chi connectivity index (χ3n) is 3.47. The Balaban J connectivity index is 0.000000448. The van der Waals surface area contributed by atoms with Gasteiger partial charge in [-0.25, -0.2) is 0 Å². The molecule has 0 spiro atoms. The van der Waals surface area contributed by atoms with Crippen LogP contribution < -0.4 is 0 Å². The Morgan fingerprint density at radius 2 is 1.16 bits per heavy atom. The van der Waals surface area contributed by atoms with E-state index in [9.17, 15) is 18.3 Å². The topological polar surface area (TPSA) is 20.2 Å². The van der Waals surface area contributed by atoms with Crippen molar-refractivity contribution in [2.24, 2.45) is 0 Å². The van der Waals surface area contributed by atoms with Gasteiger partial charge in [0, 0.05) is 5.92 Å². The van der Waals surface area contributed by atoms with Crippen molar-refractivity contribution in [3.63, 3.8) is 0 Å². The summed E-state index contributed by atoms with van der Waals surface area (Å²) in [5.41, 5.74) is -2.26. The number of hydrogen-bond acceptors (Lipinski definition) is 1. The molecule has 10 radical (unpaired) electrons. The molecule has 0 aliphatic heterocycles. The second kappa shape index (κ2) is 9.67. The zero-order chi connectivity index (χ0) is 17.6. The van der Waals surface area contributed by atoms with Gasteiger partial charge in [-0.1, -0.05) is 18.1 Å². The number of alkyl halides is 3. The van der Waals surface area contributed by atoms with Crippen LogP contribution in [-0.4, -0.2) is 5.11 Å². The molecule has 0 aromatic heterocycles. The Labute approximate surface area is 158 Å². The summed E-state index contributed by atoms with van der Waals surface area (Å²) in [6.45, 7) is 0. The van der Waals surface area contributed by atoms with Crippen LogP contribution in [-0.2, 0) is 28.8 Å². The summed E-state index contributed by atoms with van der Waals surface area (Å²) < 4.78 is 37.4. The van der Waals surface area contributed by atoms with E-state index in [1.807, 2.05) is 32.1 Å². The SMILES string of the molecule is C#CC(O)([C]1[CH][CH][CH][CH]1)c1ccc(C(F)(F)F)cc1.[CH]1[CH][CH][CH][CH]1.[Fe+2]. The van der Waals surface area contributed by atoms with E-state index in [2.05, 4.69) is 5.92 Å². The summed E-state index contributed by atoms with van der Waals surface area (Å²) in [6.07, 6.45) is 17.6. The molecule has 3 rings (SSSR count). The van der Waals surface area contributed by atoms with Gasteiger partial charge in [0.2, 0.25) is 0 Å². The van der Waals surface area contributed by atoms with Crippen molar-refractivity contribution in [2.45, 2.75) is 11.8 Å². The van der Waals surface area contributed by atoms with Crippen LogP contribution in [0.5, 0.6) is 0 Å². The molecule has 2 aliphatic rings. The number of benzene rings is 1. The van der Waals surface area contributed by atoms with Crippen molar-refractivity contribution < 1.29 is 35.3 Å². The van der Waals surface area contributed by atoms with E-state index in [0.717, 1.165) is 12.1 Å². The predicted molar refractivity (Wildman–Crippen MR) is 86.1 cm³/mol. The zero-order valence-electron chi connectivity index (χ0n) is 13.0. The fourth-order valence-electron chi connectivity index (χ4n) is 2.17. The molecule has 25 heavy (non-hydrogen) atoms. The molecule has 0 heterocycles. The minimum Gasteiger partial charge on any atom is -0.373 e. The molecule has 1 nitrogen and oxygen atoms in total. The second-order valence-corrected chi connectivity index (χ2v) is 5.07. The fourth-order valence-corrected chi connectivity index (χ4v) is 2.17. The third-order valence-corrected chi connectivity index (χ3v) is 3.47. The largest absolute Gasteiger partial charge is 2.00 e. The minimum atomic E-state index is -4.41. The number of hydrogen-bond donors (Lipinski definition) is 1. The van der Waals surface area contributed by atoms with Gasteiger partial charge in [-0.3, -0.25) is 0 Å². The van der Waals surface area contributed by atoms with E-state index in [0.29, 0.717) is 5.92 Å². The van der Waals surface area contributed by atoms with Crippen LogP contribution >= 0.6 is 0 Å². The molecule has 2 fully saturated rings. The van der Waals surface area contributed by atoms with Gasteiger partial charge < -0.3 is 5.11 Å². The van der Waals surface area contributed by atoms with Gasteiger partial charge in [-0.2, -0.15) is 13.2 Å². The fraction of sp³-hybridized carbons (Fsp3) is 0.100. The van der Waals surface area contributed by atoms with Gasteiger partial charge >= 0.3 is 23.2 Å².